The summed E-state index contributed by atoms with van der Waals surface area (Å²) < 4.78 is 0. The van der Waals surface area contributed by atoms with Crippen LogP contribution in [0.25, 0.3) is 0 Å². The van der Waals surface area contributed by atoms with Gasteiger partial charge in [-0.3, -0.25) is 4.79 Å². The molecule has 1 rings (SSSR count). The predicted molar refractivity (Wildman–Crippen MR) is 41.4 cm³/mol. The highest BCUT2D eigenvalue weighted by atomic mass is 16.1. The fourth-order valence-electron chi connectivity index (χ4n) is 1.84. The Morgan fingerprint density at radius 3 is 2.50 bits per heavy atom. The third-order valence-corrected chi connectivity index (χ3v) is 2.58. The quantitative estimate of drug-likeness (QED) is 0.544. The lowest BCUT2D eigenvalue weighted by Crippen LogP contribution is -2.22. The maximum atomic E-state index is 10.4. The average Bonchev–Trinajstić information content (AvgIpc) is 1.88. The first-order valence-corrected chi connectivity index (χ1v) is 4.11. The molecular formula is C9H15O. The Morgan fingerprint density at radius 2 is 2.00 bits per heavy atom. The molecule has 0 amide bonds. The number of carbonyl (C=O) groups excluding carboxylic acids is 1. The molecule has 1 saturated carbocycles. The van der Waals surface area contributed by atoms with Crippen molar-refractivity contribution in [3.63, 3.8) is 0 Å². The van der Waals surface area contributed by atoms with Gasteiger partial charge in [0.1, 0.15) is 0 Å². The maximum Gasteiger partial charge on any atom is 0.202 e. The van der Waals surface area contributed by atoms with Gasteiger partial charge in [0.2, 0.25) is 6.29 Å². The summed E-state index contributed by atoms with van der Waals surface area (Å²) in [5.41, 5.74) is 0. The summed E-state index contributed by atoms with van der Waals surface area (Å²) >= 11 is 0. The van der Waals surface area contributed by atoms with Gasteiger partial charge in [-0.05, 0) is 31.1 Å². The van der Waals surface area contributed by atoms with E-state index in [4.69, 9.17) is 0 Å². The molecule has 0 heterocycles. The molecule has 0 saturated heterocycles. The van der Waals surface area contributed by atoms with Gasteiger partial charge >= 0.3 is 0 Å². The number of rotatable bonds is 1. The monoisotopic (exact) mass is 139 g/mol. The van der Waals surface area contributed by atoms with Gasteiger partial charge in [0.25, 0.3) is 0 Å². The van der Waals surface area contributed by atoms with E-state index in [2.05, 4.69) is 20.1 Å². The maximum absolute atomic E-state index is 10.4. The molecule has 0 N–H and O–H groups in total. The van der Waals surface area contributed by atoms with Gasteiger partial charge in [-0.15, -0.1) is 0 Å². The van der Waals surface area contributed by atoms with Crippen LogP contribution < -0.4 is 0 Å². The Hall–Kier alpha value is -0.330. The molecule has 0 aromatic carbocycles. The highest BCUT2D eigenvalue weighted by molar-refractivity contribution is 5.55. The standard InChI is InChI=1S/C9H15O/c1-7-3-4-9(6-10)8(2)5-7/h7-9H,3-5H2,1-2H3. The minimum absolute atomic E-state index is 0.233. The Bertz CT molecular complexity index is 120. The van der Waals surface area contributed by atoms with Crippen LogP contribution >= 0.6 is 0 Å². The van der Waals surface area contributed by atoms with Gasteiger partial charge in [0.15, 0.2) is 0 Å². The normalized spacial score (nSPS) is 41.2. The third kappa shape index (κ3) is 1.59. The van der Waals surface area contributed by atoms with Crippen molar-refractivity contribution in [1.29, 1.82) is 0 Å². The van der Waals surface area contributed by atoms with E-state index in [1.807, 2.05) is 0 Å². The minimum atomic E-state index is 0.233. The van der Waals surface area contributed by atoms with Crippen LogP contribution in [-0.2, 0) is 4.79 Å². The molecule has 0 aromatic heterocycles. The van der Waals surface area contributed by atoms with Crippen molar-refractivity contribution in [2.24, 2.45) is 17.8 Å². The van der Waals surface area contributed by atoms with Gasteiger partial charge in [-0.2, -0.15) is 0 Å². The molecule has 1 heteroatoms. The molecule has 1 aliphatic carbocycles. The molecular weight excluding hydrogens is 124 g/mol. The van der Waals surface area contributed by atoms with Crippen LogP contribution in [0.1, 0.15) is 33.1 Å². The van der Waals surface area contributed by atoms with E-state index < -0.39 is 0 Å². The van der Waals surface area contributed by atoms with Crippen LogP contribution in [0.3, 0.4) is 0 Å². The van der Waals surface area contributed by atoms with E-state index >= 15 is 0 Å². The first-order chi connectivity index (χ1) is 4.74. The Labute approximate surface area is 62.8 Å². The summed E-state index contributed by atoms with van der Waals surface area (Å²) in [6.07, 6.45) is 5.61. The molecule has 0 bridgehead atoms. The van der Waals surface area contributed by atoms with Crippen molar-refractivity contribution in [3.8, 4) is 0 Å². The van der Waals surface area contributed by atoms with Gasteiger partial charge in [0.05, 0.1) is 0 Å². The van der Waals surface area contributed by atoms with Gasteiger partial charge in [0, 0.05) is 5.92 Å². The summed E-state index contributed by atoms with van der Waals surface area (Å²) in [7, 11) is 0. The lowest BCUT2D eigenvalue weighted by molar-refractivity contribution is 0.251. The number of hydrogen-bond acceptors (Lipinski definition) is 1. The van der Waals surface area contributed by atoms with Crippen molar-refractivity contribution in [2.45, 2.75) is 33.1 Å². The average molecular weight is 139 g/mol. The molecule has 1 nitrogen and oxygen atoms in total. The van der Waals surface area contributed by atoms with Crippen LogP contribution in [0.5, 0.6) is 0 Å². The molecule has 0 aromatic rings. The zero-order chi connectivity index (χ0) is 7.56. The molecule has 57 valence electrons. The molecule has 0 spiro atoms. The molecule has 0 aliphatic heterocycles. The van der Waals surface area contributed by atoms with E-state index in [0.29, 0.717) is 5.92 Å². The SMILES string of the molecule is CC1CCC([C]=O)C(C)C1. The fraction of sp³-hybridized carbons (Fsp3) is 0.889. The van der Waals surface area contributed by atoms with Crippen LogP contribution in [0.4, 0.5) is 0 Å². The summed E-state index contributed by atoms with van der Waals surface area (Å²) in [5.74, 6) is 1.62. The zero-order valence-electron chi connectivity index (χ0n) is 6.76. The molecule has 1 fully saturated rings. The van der Waals surface area contributed by atoms with E-state index in [1.54, 1.807) is 0 Å². The molecule has 3 atom stereocenters. The lowest BCUT2D eigenvalue weighted by Gasteiger charge is -2.28. The van der Waals surface area contributed by atoms with Crippen molar-refractivity contribution in [1.82, 2.24) is 0 Å². The summed E-state index contributed by atoms with van der Waals surface area (Å²) in [4.78, 5) is 10.4. The predicted octanol–water partition coefficient (Wildman–Crippen LogP) is 2.17. The molecule has 1 aliphatic rings. The summed E-state index contributed by atoms with van der Waals surface area (Å²) in [6, 6.07) is 0. The Kier molecular flexibility index (Phi) is 2.47. The Balaban J connectivity index is 2.43. The molecule has 1 radical (unpaired) electrons. The third-order valence-electron chi connectivity index (χ3n) is 2.58. The summed E-state index contributed by atoms with van der Waals surface area (Å²) in [6.45, 7) is 4.42. The smallest absolute Gasteiger partial charge is 0.202 e. The second-order valence-corrected chi connectivity index (χ2v) is 3.62. The van der Waals surface area contributed by atoms with E-state index in [1.165, 1.54) is 12.8 Å². The minimum Gasteiger partial charge on any atom is -0.291 e. The molecule has 3 unspecified atom stereocenters. The highest BCUT2D eigenvalue weighted by Crippen LogP contribution is 2.31. The fourth-order valence-corrected chi connectivity index (χ4v) is 1.84. The van der Waals surface area contributed by atoms with Gasteiger partial charge < -0.3 is 0 Å². The van der Waals surface area contributed by atoms with E-state index in [9.17, 15) is 4.79 Å². The second-order valence-electron chi connectivity index (χ2n) is 3.62. The first-order valence-electron chi connectivity index (χ1n) is 4.11. The summed E-state index contributed by atoms with van der Waals surface area (Å²) in [5, 5.41) is 0. The van der Waals surface area contributed by atoms with E-state index in [-0.39, 0.29) is 5.92 Å². The van der Waals surface area contributed by atoms with Crippen LogP contribution in [0.15, 0.2) is 0 Å². The van der Waals surface area contributed by atoms with Crippen molar-refractivity contribution < 1.29 is 4.79 Å². The topological polar surface area (TPSA) is 17.1 Å². The van der Waals surface area contributed by atoms with Gasteiger partial charge in [-0.1, -0.05) is 13.8 Å². The van der Waals surface area contributed by atoms with E-state index in [0.717, 1.165) is 12.3 Å². The second kappa shape index (κ2) is 3.18. The van der Waals surface area contributed by atoms with Gasteiger partial charge in [-0.25, -0.2) is 0 Å². The van der Waals surface area contributed by atoms with Crippen LogP contribution in [0.2, 0.25) is 0 Å². The van der Waals surface area contributed by atoms with Crippen molar-refractivity contribution >= 4 is 6.29 Å². The zero-order valence-corrected chi connectivity index (χ0v) is 6.76. The van der Waals surface area contributed by atoms with Crippen molar-refractivity contribution in [3.05, 3.63) is 0 Å². The van der Waals surface area contributed by atoms with Crippen LogP contribution in [-0.4, -0.2) is 6.29 Å². The number of hydrogen-bond donors (Lipinski definition) is 0. The lowest BCUT2D eigenvalue weighted by atomic mass is 9.76. The highest BCUT2D eigenvalue weighted by Gasteiger charge is 2.24. The van der Waals surface area contributed by atoms with Crippen LogP contribution in [0, 0.1) is 17.8 Å². The Morgan fingerprint density at radius 1 is 1.30 bits per heavy atom. The first kappa shape index (κ1) is 7.77. The largest absolute Gasteiger partial charge is 0.291 e. The molecule has 10 heavy (non-hydrogen) atoms. The van der Waals surface area contributed by atoms with Crippen molar-refractivity contribution in [2.75, 3.05) is 0 Å².